The Morgan fingerprint density at radius 2 is 2.03 bits per heavy atom. The zero-order chi connectivity index (χ0) is 26.4. The number of carbonyl (C=O) groups excluding carboxylic acids is 1. The van der Waals surface area contributed by atoms with Gasteiger partial charge in [0.05, 0.1) is 29.4 Å². The van der Waals surface area contributed by atoms with E-state index in [9.17, 15) is 18.7 Å². The highest BCUT2D eigenvalue weighted by atomic mass is 19.3. The van der Waals surface area contributed by atoms with E-state index in [-0.39, 0.29) is 29.8 Å². The fourth-order valence-corrected chi connectivity index (χ4v) is 3.90. The van der Waals surface area contributed by atoms with Crippen LogP contribution in [-0.4, -0.2) is 63.6 Å². The largest absolute Gasteiger partial charge is 0.507 e. The first-order valence-corrected chi connectivity index (χ1v) is 11.6. The Balaban J connectivity index is 1.44. The molecule has 0 aliphatic rings. The lowest BCUT2D eigenvalue weighted by atomic mass is 10.1. The van der Waals surface area contributed by atoms with Crippen molar-refractivity contribution in [3.8, 4) is 11.6 Å². The van der Waals surface area contributed by atoms with Crippen molar-refractivity contribution in [2.75, 3.05) is 20.3 Å². The van der Waals surface area contributed by atoms with Crippen molar-refractivity contribution in [2.45, 2.75) is 32.4 Å². The summed E-state index contributed by atoms with van der Waals surface area (Å²) >= 11 is 0. The number of benzene rings is 1. The van der Waals surface area contributed by atoms with E-state index in [2.05, 4.69) is 20.4 Å². The van der Waals surface area contributed by atoms with Gasteiger partial charge in [-0.15, -0.1) is 0 Å². The highest BCUT2D eigenvalue weighted by Gasteiger charge is 2.17. The topological polar surface area (TPSA) is 111 Å². The molecule has 194 valence electrons. The van der Waals surface area contributed by atoms with Crippen LogP contribution < -0.4 is 10.1 Å². The molecule has 3 heterocycles. The van der Waals surface area contributed by atoms with Crippen LogP contribution in [0.1, 0.15) is 27.2 Å². The molecule has 4 aromatic rings. The number of aromatic hydroxyl groups is 1. The summed E-state index contributed by atoms with van der Waals surface area (Å²) in [7, 11) is 1.56. The fourth-order valence-electron chi connectivity index (χ4n) is 3.90. The third-order valence-electron chi connectivity index (χ3n) is 5.73. The number of hydrogen-bond donors (Lipinski definition) is 2. The number of halogens is 2. The SMILES string of the molecule is CO[C@H](CNC(=O)c1ccccc1O)Cc1nccc2nn(Cc3cnc(OCC(F)F)c(C)c3)cc12. The van der Waals surface area contributed by atoms with Crippen molar-refractivity contribution < 1.29 is 28.2 Å². The Morgan fingerprint density at radius 3 is 2.76 bits per heavy atom. The first-order valence-electron chi connectivity index (χ1n) is 11.6. The maximum absolute atomic E-state index is 12.4. The van der Waals surface area contributed by atoms with Crippen LogP contribution in [0.25, 0.3) is 10.9 Å². The van der Waals surface area contributed by atoms with E-state index in [1.165, 1.54) is 6.07 Å². The zero-order valence-corrected chi connectivity index (χ0v) is 20.4. The van der Waals surface area contributed by atoms with E-state index in [1.54, 1.807) is 49.3 Å². The summed E-state index contributed by atoms with van der Waals surface area (Å²) in [5.74, 6) is -0.302. The summed E-state index contributed by atoms with van der Waals surface area (Å²) < 4.78 is 37.2. The van der Waals surface area contributed by atoms with Gasteiger partial charge in [0, 0.05) is 49.6 Å². The van der Waals surface area contributed by atoms with Crippen LogP contribution in [0, 0.1) is 6.92 Å². The molecule has 2 N–H and O–H groups in total. The molecule has 0 aliphatic carbocycles. The number of ether oxygens (including phenoxy) is 2. The number of phenolic OH excluding ortho intramolecular Hbond substituents is 1. The van der Waals surface area contributed by atoms with E-state index in [4.69, 9.17) is 9.47 Å². The summed E-state index contributed by atoms with van der Waals surface area (Å²) in [5, 5.41) is 18.1. The molecule has 0 saturated carbocycles. The number of aryl methyl sites for hydroxylation is 1. The van der Waals surface area contributed by atoms with E-state index in [1.807, 2.05) is 18.3 Å². The van der Waals surface area contributed by atoms with Gasteiger partial charge in [-0.05, 0) is 36.8 Å². The maximum Gasteiger partial charge on any atom is 0.272 e. The number of phenols is 1. The molecule has 0 spiro atoms. The number of para-hydroxylation sites is 1. The second-order valence-electron chi connectivity index (χ2n) is 8.47. The summed E-state index contributed by atoms with van der Waals surface area (Å²) in [6.07, 6.45) is 2.63. The molecule has 1 aromatic carbocycles. The van der Waals surface area contributed by atoms with Crippen molar-refractivity contribution in [1.29, 1.82) is 0 Å². The van der Waals surface area contributed by atoms with E-state index >= 15 is 0 Å². The van der Waals surface area contributed by atoms with Gasteiger partial charge in [-0.3, -0.25) is 14.5 Å². The second-order valence-corrected chi connectivity index (χ2v) is 8.47. The minimum Gasteiger partial charge on any atom is -0.507 e. The van der Waals surface area contributed by atoms with Crippen molar-refractivity contribution in [2.24, 2.45) is 0 Å². The average molecular weight is 512 g/mol. The van der Waals surface area contributed by atoms with Gasteiger partial charge in [0.1, 0.15) is 5.75 Å². The van der Waals surface area contributed by atoms with Crippen molar-refractivity contribution in [3.63, 3.8) is 0 Å². The molecule has 0 saturated heterocycles. The molecule has 0 fully saturated rings. The third-order valence-corrected chi connectivity index (χ3v) is 5.73. The molecule has 1 atom stereocenters. The fraction of sp³-hybridized carbons (Fsp3) is 0.308. The van der Waals surface area contributed by atoms with Gasteiger partial charge < -0.3 is 19.9 Å². The Labute approximate surface area is 212 Å². The second kappa shape index (κ2) is 11.7. The molecule has 0 radical (unpaired) electrons. The number of rotatable bonds is 11. The summed E-state index contributed by atoms with van der Waals surface area (Å²) in [4.78, 5) is 21.1. The average Bonchev–Trinajstić information content (AvgIpc) is 3.29. The summed E-state index contributed by atoms with van der Waals surface area (Å²) in [6, 6.07) is 9.96. The highest BCUT2D eigenvalue weighted by molar-refractivity contribution is 5.96. The van der Waals surface area contributed by atoms with Crippen LogP contribution >= 0.6 is 0 Å². The van der Waals surface area contributed by atoms with Crippen molar-refractivity contribution in [1.82, 2.24) is 25.1 Å². The number of nitrogens with one attached hydrogen (secondary N) is 1. The normalized spacial score (nSPS) is 12.1. The molecule has 0 aliphatic heterocycles. The Morgan fingerprint density at radius 1 is 1.22 bits per heavy atom. The third kappa shape index (κ3) is 6.56. The molecule has 0 unspecified atom stereocenters. The number of aromatic nitrogens is 4. The Kier molecular flexibility index (Phi) is 8.24. The number of pyridine rings is 2. The minimum absolute atomic E-state index is 0.0893. The Bertz CT molecular complexity index is 1380. The van der Waals surface area contributed by atoms with E-state index in [0.29, 0.717) is 18.5 Å². The summed E-state index contributed by atoms with van der Waals surface area (Å²) in [6.45, 7) is 1.69. The molecule has 1 amide bonds. The smallest absolute Gasteiger partial charge is 0.272 e. The number of alkyl halides is 2. The lowest BCUT2D eigenvalue weighted by molar-refractivity contribution is 0.0792. The van der Waals surface area contributed by atoms with Crippen LogP contribution in [-0.2, 0) is 17.7 Å². The van der Waals surface area contributed by atoms with E-state index < -0.39 is 18.9 Å². The van der Waals surface area contributed by atoms with Crippen LogP contribution in [0.2, 0.25) is 0 Å². The van der Waals surface area contributed by atoms with Gasteiger partial charge in [0.25, 0.3) is 12.3 Å². The number of fused-ring (bicyclic) bond motifs is 1. The van der Waals surface area contributed by atoms with Gasteiger partial charge in [-0.1, -0.05) is 12.1 Å². The maximum atomic E-state index is 12.4. The number of hydrogen-bond acceptors (Lipinski definition) is 7. The highest BCUT2D eigenvalue weighted by Crippen LogP contribution is 2.21. The van der Waals surface area contributed by atoms with Crippen molar-refractivity contribution >= 4 is 16.8 Å². The van der Waals surface area contributed by atoms with Crippen LogP contribution in [0.15, 0.2) is 55.0 Å². The lowest BCUT2D eigenvalue weighted by Gasteiger charge is -2.16. The monoisotopic (exact) mass is 511 g/mol. The standard InChI is InChI=1S/C26H27F2N5O4/c1-16-9-17(11-31-26(16)37-15-24(27)28)13-33-14-20-21(32-33)7-8-29-22(20)10-18(36-2)12-30-25(35)19-5-3-4-6-23(19)34/h3-9,11,14,18,24,34H,10,12-13,15H2,1-2H3,(H,30,35)/t18-/m0/s1. The number of methoxy groups -OCH3 is 1. The van der Waals surface area contributed by atoms with Gasteiger partial charge in [0.2, 0.25) is 5.88 Å². The lowest BCUT2D eigenvalue weighted by Crippen LogP contribution is -2.34. The molecule has 37 heavy (non-hydrogen) atoms. The van der Waals surface area contributed by atoms with Crippen LogP contribution in [0.4, 0.5) is 8.78 Å². The zero-order valence-electron chi connectivity index (χ0n) is 20.4. The van der Waals surface area contributed by atoms with Gasteiger partial charge in [0.15, 0.2) is 6.61 Å². The molecular weight excluding hydrogens is 484 g/mol. The number of nitrogens with zero attached hydrogens (tertiary/aromatic N) is 4. The molecule has 9 nitrogen and oxygen atoms in total. The number of amides is 1. The predicted molar refractivity (Wildman–Crippen MR) is 132 cm³/mol. The van der Waals surface area contributed by atoms with Crippen molar-refractivity contribution in [3.05, 3.63) is 77.4 Å². The Hall–Kier alpha value is -4.12. The summed E-state index contributed by atoms with van der Waals surface area (Å²) in [5.41, 5.74) is 3.20. The number of carbonyl (C=O) groups is 1. The van der Waals surface area contributed by atoms with Crippen LogP contribution in [0.3, 0.4) is 0 Å². The first-order chi connectivity index (χ1) is 17.8. The molecular formula is C26H27F2N5O4. The van der Waals surface area contributed by atoms with Gasteiger partial charge in [-0.2, -0.15) is 5.10 Å². The molecule has 11 heteroatoms. The minimum atomic E-state index is -2.56. The quantitative estimate of drug-likeness (QED) is 0.317. The molecule has 3 aromatic heterocycles. The van der Waals surface area contributed by atoms with E-state index in [0.717, 1.165) is 22.2 Å². The van der Waals surface area contributed by atoms with Crippen LogP contribution in [0.5, 0.6) is 11.6 Å². The van der Waals surface area contributed by atoms with Gasteiger partial charge in [-0.25, -0.2) is 13.8 Å². The molecule has 0 bridgehead atoms. The molecule has 4 rings (SSSR count). The predicted octanol–water partition coefficient (Wildman–Crippen LogP) is 3.52. The van der Waals surface area contributed by atoms with Gasteiger partial charge >= 0.3 is 0 Å². The first kappa shape index (κ1) is 26.0.